The van der Waals surface area contributed by atoms with Crippen molar-refractivity contribution in [1.29, 1.82) is 0 Å². The van der Waals surface area contributed by atoms with E-state index >= 15 is 0 Å². The first-order valence-corrected chi connectivity index (χ1v) is 5.98. The largest absolute Gasteiger partial charge is 0.481 e. The molecule has 1 saturated carbocycles. The molecule has 1 aliphatic rings. The number of carboxylic acid groups (broad SMARTS) is 1. The highest BCUT2D eigenvalue weighted by molar-refractivity contribution is 5.75. The molecule has 0 heterocycles. The van der Waals surface area contributed by atoms with Crippen molar-refractivity contribution in [2.75, 3.05) is 0 Å². The number of hydrogen-bond donors (Lipinski definition) is 2. The summed E-state index contributed by atoms with van der Waals surface area (Å²) in [6, 6.07) is -0.197. The molecule has 2 unspecified atom stereocenters. The molecule has 3 atom stereocenters. The first-order valence-electron chi connectivity index (χ1n) is 5.98. The summed E-state index contributed by atoms with van der Waals surface area (Å²) < 4.78 is 0. The summed E-state index contributed by atoms with van der Waals surface area (Å²) in [6.07, 6.45) is 4.45. The van der Waals surface area contributed by atoms with Gasteiger partial charge in [-0.15, -0.1) is 0 Å². The zero-order valence-corrected chi connectivity index (χ0v) is 10.0. The minimum absolute atomic E-state index is 0.0387. The molecule has 16 heavy (non-hydrogen) atoms. The van der Waals surface area contributed by atoms with Gasteiger partial charge in [0.05, 0.1) is 6.42 Å². The molecule has 1 amide bonds. The maximum absolute atomic E-state index is 11.1. The standard InChI is InChI=1S/C12H21NO3/c1-8-4-3-5-10(6-8)11(7-12(15)16)13-9(2)14/h8,10-11H,3-7H2,1-2H3,(H,13,14)(H,15,16)/t8?,10?,11-/m0/s1. The van der Waals surface area contributed by atoms with Crippen molar-refractivity contribution in [2.24, 2.45) is 11.8 Å². The van der Waals surface area contributed by atoms with Crippen molar-refractivity contribution >= 4 is 11.9 Å². The fourth-order valence-corrected chi connectivity index (χ4v) is 2.63. The molecule has 1 aliphatic carbocycles. The van der Waals surface area contributed by atoms with Gasteiger partial charge in [-0.3, -0.25) is 9.59 Å². The molecule has 1 rings (SSSR count). The van der Waals surface area contributed by atoms with Gasteiger partial charge in [0, 0.05) is 13.0 Å². The van der Waals surface area contributed by atoms with Crippen LogP contribution < -0.4 is 5.32 Å². The van der Waals surface area contributed by atoms with Crippen molar-refractivity contribution in [3.63, 3.8) is 0 Å². The predicted octanol–water partition coefficient (Wildman–Crippen LogP) is 1.79. The fraction of sp³-hybridized carbons (Fsp3) is 0.833. The summed E-state index contributed by atoms with van der Waals surface area (Å²) in [5.74, 6) is -0.00555. The molecule has 4 nitrogen and oxygen atoms in total. The van der Waals surface area contributed by atoms with Crippen molar-refractivity contribution in [3.8, 4) is 0 Å². The minimum atomic E-state index is -0.836. The molecule has 0 bridgehead atoms. The molecule has 0 saturated heterocycles. The van der Waals surface area contributed by atoms with Crippen LogP contribution in [0.5, 0.6) is 0 Å². The lowest BCUT2D eigenvalue weighted by atomic mass is 9.77. The van der Waals surface area contributed by atoms with Crippen LogP contribution in [-0.2, 0) is 9.59 Å². The Kier molecular flexibility index (Phi) is 4.77. The van der Waals surface area contributed by atoms with Crippen molar-refractivity contribution in [3.05, 3.63) is 0 Å². The third kappa shape index (κ3) is 4.21. The number of rotatable bonds is 4. The van der Waals surface area contributed by atoms with Crippen LogP contribution in [0, 0.1) is 11.8 Å². The van der Waals surface area contributed by atoms with E-state index in [1.165, 1.54) is 13.3 Å². The van der Waals surface area contributed by atoms with Crippen LogP contribution in [-0.4, -0.2) is 23.0 Å². The van der Waals surface area contributed by atoms with Crippen molar-refractivity contribution in [1.82, 2.24) is 5.32 Å². The molecule has 0 aliphatic heterocycles. The van der Waals surface area contributed by atoms with Gasteiger partial charge in [0.15, 0.2) is 0 Å². The highest BCUT2D eigenvalue weighted by atomic mass is 16.4. The topological polar surface area (TPSA) is 66.4 Å². The summed E-state index contributed by atoms with van der Waals surface area (Å²) in [5.41, 5.74) is 0. The van der Waals surface area contributed by atoms with Crippen LogP contribution in [0.1, 0.15) is 46.0 Å². The zero-order chi connectivity index (χ0) is 12.1. The average molecular weight is 227 g/mol. The van der Waals surface area contributed by atoms with Gasteiger partial charge in [0.25, 0.3) is 0 Å². The average Bonchev–Trinajstić information content (AvgIpc) is 2.15. The van der Waals surface area contributed by atoms with Crippen LogP contribution >= 0.6 is 0 Å². The number of carboxylic acids is 1. The van der Waals surface area contributed by atoms with Gasteiger partial charge < -0.3 is 10.4 Å². The summed E-state index contributed by atoms with van der Waals surface area (Å²) >= 11 is 0. The van der Waals surface area contributed by atoms with E-state index in [-0.39, 0.29) is 18.4 Å². The number of carbonyl (C=O) groups is 2. The van der Waals surface area contributed by atoms with Gasteiger partial charge in [-0.1, -0.05) is 19.8 Å². The molecule has 0 aromatic carbocycles. The second kappa shape index (κ2) is 5.87. The molecule has 4 heteroatoms. The van der Waals surface area contributed by atoms with E-state index in [0.29, 0.717) is 11.8 Å². The number of carbonyl (C=O) groups excluding carboxylic acids is 1. The highest BCUT2D eigenvalue weighted by Gasteiger charge is 2.28. The zero-order valence-electron chi connectivity index (χ0n) is 10.0. The lowest BCUT2D eigenvalue weighted by molar-refractivity contribution is -0.138. The van der Waals surface area contributed by atoms with E-state index in [4.69, 9.17) is 5.11 Å². The first-order chi connectivity index (χ1) is 7.49. The van der Waals surface area contributed by atoms with Crippen molar-refractivity contribution in [2.45, 2.75) is 52.0 Å². The van der Waals surface area contributed by atoms with E-state index in [2.05, 4.69) is 12.2 Å². The monoisotopic (exact) mass is 227 g/mol. The van der Waals surface area contributed by atoms with Crippen LogP contribution in [0.15, 0.2) is 0 Å². The van der Waals surface area contributed by atoms with Crippen LogP contribution in [0.4, 0.5) is 0 Å². The Bertz CT molecular complexity index is 249. The third-order valence-corrected chi connectivity index (χ3v) is 3.33. The molecular formula is C12H21NO3. The van der Waals surface area contributed by atoms with Crippen LogP contribution in [0.3, 0.4) is 0 Å². The third-order valence-electron chi connectivity index (χ3n) is 3.33. The SMILES string of the molecule is CC(=O)N[C@@H](CC(=O)O)C1CCCC(C)C1. The number of hydrogen-bond acceptors (Lipinski definition) is 2. The number of amides is 1. The molecule has 92 valence electrons. The molecule has 2 N–H and O–H groups in total. The predicted molar refractivity (Wildman–Crippen MR) is 61.0 cm³/mol. The quantitative estimate of drug-likeness (QED) is 0.769. The summed E-state index contributed by atoms with van der Waals surface area (Å²) in [6.45, 7) is 3.64. The van der Waals surface area contributed by atoms with Crippen LogP contribution in [0.25, 0.3) is 0 Å². The molecule has 1 fully saturated rings. The molecule has 0 radical (unpaired) electrons. The Morgan fingerprint density at radius 3 is 2.62 bits per heavy atom. The van der Waals surface area contributed by atoms with Gasteiger partial charge in [0.2, 0.25) is 5.91 Å². The highest BCUT2D eigenvalue weighted by Crippen LogP contribution is 2.31. The maximum atomic E-state index is 11.1. The fourth-order valence-electron chi connectivity index (χ4n) is 2.63. The lowest BCUT2D eigenvalue weighted by Gasteiger charge is -2.32. The molecule has 0 aromatic heterocycles. The van der Waals surface area contributed by atoms with E-state index < -0.39 is 5.97 Å². The second-order valence-corrected chi connectivity index (χ2v) is 4.94. The normalized spacial score (nSPS) is 27.1. The van der Waals surface area contributed by atoms with Gasteiger partial charge in [-0.25, -0.2) is 0 Å². The number of aliphatic carboxylic acids is 1. The molecule has 0 spiro atoms. The Balaban J connectivity index is 2.58. The van der Waals surface area contributed by atoms with Crippen molar-refractivity contribution < 1.29 is 14.7 Å². The smallest absolute Gasteiger partial charge is 0.305 e. The number of nitrogens with one attached hydrogen (secondary N) is 1. The van der Waals surface area contributed by atoms with E-state index in [9.17, 15) is 9.59 Å². The van der Waals surface area contributed by atoms with Gasteiger partial charge in [-0.2, -0.15) is 0 Å². The van der Waals surface area contributed by atoms with Gasteiger partial charge in [-0.05, 0) is 24.7 Å². The van der Waals surface area contributed by atoms with E-state index in [1.807, 2.05) is 0 Å². The Morgan fingerprint density at radius 2 is 2.12 bits per heavy atom. The minimum Gasteiger partial charge on any atom is -0.481 e. The van der Waals surface area contributed by atoms with Crippen LogP contribution in [0.2, 0.25) is 0 Å². The Labute approximate surface area is 96.4 Å². The maximum Gasteiger partial charge on any atom is 0.305 e. The molecular weight excluding hydrogens is 206 g/mol. The summed E-state index contributed by atoms with van der Waals surface area (Å²) in [4.78, 5) is 21.8. The summed E-state index contributed by atoms with van der Waals surface area (Å²) in [7, 11) is 0. The lowest BCUT2D eigenvalue weighted by Crippen LogP contribution is -2.42. The first kappa shape index (κ1) is 13.0. The Hall–Kier alpha value is -1.06. The second-order valence-electron chi connectivity index (χ2n) is 4.94. The molecule has 0 aromatic rings. The summed E-state index contributed by atoms with van der Waals surface area (Å²) in [5, 5.41) is 11.6. The Morgan fingerprint density at radius 1 is 1.44 bits per heavy atom. The van der Waals surface area contributed by atoms with Gasteiger partial charge in [0.1, 0.15) is 0 Å². The van der Waals surface area contributed by atoms with E-state index in [1.54, 1.807) is 0 Å². The van der Waals surface area contributed by atoms with Gasteiger partial charge >= 0.3 is 5.97 Å². The van der Waals surface area contributed by atoms with E-state index in [0.717, 1.165) is 19.3 Å².